The molecule has 10 heavy (non-hydrogen) atoms. The van der Waals surface area contributed by atoms with Gasteiger partial charge in [0.15, 0.2) is 0 Å². The van der Waals surface area contributed by atoms with Crippen LogP contribution in [0.25, 0.3) is 0 Å². The quantitative estimate of drug-likeness (QED) is 0.523. The van der Waals surface area contributed by atoms with Gasteiger partial charge in [-0.3, -0.25) is 0 Å². The fraction of sp³-hybridized carbons (Fsp3) is 0.143. The lowest BCUT2D eigenvalue weighted by molar-refractivity contribution is 0.426. The van der Waals surface area contributed by atoms with Gasteiger partial charge in [-0.15, -0.1) is 0 Å². The third kappa shape index (κ3) is 1.59. The molecule has 2 nitrogen and oxygen atoms in total. The summed E-state index contributed by atoms with van der Waals surface area (Å²) in [5.41, 5.74) is 0.477. The standard InChI is InChI=1S/C7H9BO2/c1-6-2-4-7(5-3-6)8(9)10/h2-5,9-10H,1H3/i1D3. The Morgan fingerprint density at radius 2 is 1.90 bits per heavy atom. The van der Waals surface area contributed by atoms with Crippen LogP contribution in [-0.2, 0) is 0 Å². The first-order chi connectivity index (χ1) is 5.91. The number of benzene rings is 1. The molecule has 0 bridgehead atoms. The SMILES string of the molecule is [2H]C([2H])([2H])c1ccc(B(O)O)cc1. The molecule has 0 radical (unpaired) electrons. The Balaban J connectivity index is 2.94. The van der Waals surface area contributed by atoms with Crippen LogP contribution >= 0.6 is 0 Å². The highest BCUT2D eigenvalue weighted by atomic mass is 16.4. The van der Waals surface area contributed by atoms with Gasteiger partial charge in [-0.2, -0.15) is 0 Å². The Kier molecular flexibility index (Phi) is 1.19. The molecular weight excluding hydrogens is 127 g/mol. The Labute approximate surface area is 64.5 Å². The highest BCUT2D eigenvalue weighted by Gasteiger charge is 2.08. The van der Waals surface area contributed by atoms with Gasteiger partial charge in [0.1, 0.15) is 0 Å². The Morgan fingerprint density at radius 3 is 2.30 bits per heavy atom. The minimum absolute atomic E-state index is 0.192. The van der Waals surface area contributed by atoms with E-state index in [1.54, 1.807) is 0 Å². The monoisotopic (exact) mass is 139 g/mol. The van der Waals surface area contributed by atoms with Crippen LogP contribution in [0.15, 0.2) is 24.3 Å². The summed E-state index contributed by atoms with van der Waals surface area (Å²) in [5, 5.41) is 17.5. The highest BCUT2D eigenvalue weighted by molar-refractivity contribution is 6.58. The Morgan fingerprint density at radius 1 is 1.30 bits per heavy atom. The fourth-order valence-electron chi connectivity index (χ4n) is 0.655. The van der Waals surface area contributed by atoms with Crippen LogP contribution < -0.4 is 5.46 Å². The summed E-state index contributed by atoms with van der Waals surface area (Å²) in [6.45, 7) is -2.14. The molecule has 0 fully saturated rings. The van der Waals surface area contributed by atoms with E-state index in [1.165, 1.54) is 24.3 Å². The molecule has 0 aliphatic carbocycles. The molecule has 0 unspecified atom stereocenters. The summed E-state index contributed by atoms with van der Waals surface area (Å²) in [6, 6.07) is 5.49. The van der Waals surface area contributed by atoms with Crippen LogP contribution in [0, 0.1) is 6.85 Å². The van der Waals surface area contributed by atoms with Gasteiger partial charge in [0, 0.05) is 4.11 Å². The molecule has 0 saturated carbocycles. The smallest absolute Gasteiger partial charge is 0.423 e. The summed E-state index contributed by atoms with van der Waals surface area (Å²) in [4.78, 5) is 0. The van der Waals surface area contributed by atoms with Crippen LogP contribution in [-0.4, -0.2) is 17.2 Å². The second-order valence-electron chi connectivity index (χ2n) is 2.00. The van der Waals surface area contributed by atoms with E-state index >= 15 is 0 Å². The van der Waals surface area contributed by atoms with E-state index < -0.39 is 14.0 Å². The topological polar surface area (TPSA) is 40.5 Å². The summed E-state index contributed by atoms with van der Waals surface area (Å²) < 4.78 is 21.2. The molecular formula is C7H9BO2. The maximum absolute atomic E-state index is 8.73. The first-order valence-corrected chi connectivity index (χ1v) is 2.88. The molecule has 0 saturated heterocycles. The maximum atomic E-state index is 8.73. The van der Waals surface area contributed by atoms with Crippen LogP contribution in [0.2, 0.25) is 0 Å². The van der Waals surface area contributed by atoms with Crippen molar-refractivity contribution < 1.29 is 14.2 Å². The van der Waals surface area contributed by atoms with Crippen molar-refractivity contribution in [1.29, 1.82) is 0 Å². The van der Waals surface area contributed by atoms with E-state index in [4.69, 9.17) is 14.2 Å². The summed E-state index contributed by atoms with van der Waals surface area (Å²) in [6.07, 6.45) is 0. The van der Waals surface area contributed by atoms with Crippen molar-refractivity contribution in [2.24, 2.45) is 0 Å². The predicted molar refractivity (Wildman–Crippen MR) is 41.0 cm³/mol. The van der Waals surface area contributed by atoms with Crippen molar-refractivity contribution in [3.63, 3.8) is 0 Å². The average molecular weight is 139 g/mol. The van der Waals surface area contributed by atoms with Crippen molar-refractivity contribution in [2.75, 3.05) is 0 Å². The molecule has 0 amide bonds. The van der Waals surface area contributed by atoms with Crippen LogP contribution in [0.1, 0.15) is 9.68 Å². The fourth-order valence-corrected chi connectivity index (χ4v) is 0.655. The van der Waals surface area contributed by atoms with E-state index in [0.29, 0.717) is 0 Å². The normalized spacial score (nSPS) is 15.2. The van der Waals surface area contributed by atoms with Gasteiger partial charge >= 0.3 is 7.12 Å². The summed E-state index contributed by atoms with van der Waals surface area (Å²) >= 11 is 0. The number of hydrogen-bond donors (Lipinski definition) is 2. The molecule has 0 heterocycles. The summed E-state index contributed by atoms with van der Waals surface area (Å²) in [7, 11) is -1.55. The minimum atomic E-state index is -2.14. The summed E-state index contributed by atoms with van der Waals surface area (Å²) in [5.74, 6) is 0. The lowest BCUT2D eigenvalue weighted by atomic mass is 9.80. The van der Waals surface area contributed by atoms with Crippen LogP contribution in [0.3, 0.4) is 0 Å². The Bertz CT molecular complexity index is 281. The van der Waals surface area contributed by atoms with Crippen molar-refractivity contribution in [2.45, 2.75) is 6.85 Å². The zero-order valence-electron chi connectivity index (χ0n) is 8.28. The van der Waals surface area contributed by atoms with E-state index in [9.17, 15) is 0 Å². The van der Waals surface area contributed by atoms with Gasteiger partial charge in [-0.1, -0.05) is 29.8 Å². The zero-order chi connectivity index (χ0) is 10.1. The van der Waals surface area contributed by atoms with Crippen LogP contribution in [0.5, 0.6) is 0 Å². The molecule has 1 rings (SSSR count). The molecule has 1 aromatic carbocycles. The molecule has 0 spiro atoms. The van der Waals surface area contributed by atoms with Gasteiger partial charge in [0.25, 0.3) is 0 Å². The van der Waals surface area contributed by atoms with Crippen LogP contribution in [0.4, 0.5) is 0 Å². The molecule has 52 valence electrons. The van der Waals surface area contributed by atoms with Gasteiger partial charge in [0.2, 0.25) is 0 Å². The van der Waals surface area contributed by atoms with E-state index in [2.05, 4.69) is 0 Å². The molecule has 0 aromatic heterocycles. The molecule has 0 aliphatic rings. The van der Waals surface area contributed by atoms with Crippen molar-refractivity contribution in [1.82, 2.24) is 0 Å². The van der Waals surface area contributed by atoms with Gasteiger partial charge in [-0.05, 0) is 12.3 Å². The molecule has 2 N–H and O–H groups in total. The molecule has 1 aromatic rings. The lowest BCUT2D eigenvalue weighted by Crippen LogP contribution is -2.29. The maximum Gasteiger partial charge on any atom is 0.488 e. The van der Waals surface area contributed by atoms with Gasteiger partial charge in [-0.25, -0.2) is 0 Å². The molecule has 0 atom stereocenters. The second kappa shape index (κ2) is 2.86. The first kappa shape index (κ1) is 4.16. The Hall–Kier alpha value is -0.795. The van der Waals surface area contributed by atoms with Gasteiger partial charge < -0.3 is 10.0 Å². The first-order valence-electron chi connectivity index (χ1n) is 4.38. The lowest BCUT2D eigenvalue weighted by Gasteiger charge is -1.97. The van der Waals surface area contributed by atoms with Crippen molar-refractivity contribution in [3.05, 3.63) is 29.8 Å². The molecule has 0 aliphatic heterocycles. The molecule has 3 heteroatoms. The highest BCUT2D eigenvalue weighted by Crippen LogP contribution is 1.92. The zero-order valence-corrected chi connectivity index (χ0v) is 5.28. The van der Waals surface area contributed by atoms with E-state index in [1.807, 2.05) is 0 Å². The number of hydrogen-bond acceptors (Lipinski definition) is 2. The third-order valence-corrected chi connectivity index (χ3v) is 1.21. The van der Waals surface area contributed by atoms with Gasteiger partial charge in [0.05, 0.1) is 0 Å². The minimum Gasteiger partial charge on any atom is -0.423 e. The average Bonchev–Trinajstić information content (AvgIpc) is 2.03. The predicted octanol–water partition coefficient (Wildman–Crippen LogP) is -0.325. The third-order valence-electron chi connectivity index (χ3n) is 1.21. The largest absolute Gasteiger partial charge is 0.488 e. The van der Waals surface area contributed by atoms with E-state index in [-0.39, 0.29) is 11.0 Å². The van der Waals surface area contributed by atoms with Crippen molar-refractivity contribution in [3.8, 4) is 0 Å². The number of aryl methyl sites for hydroxylation is 1. The van der Waals surface area contributed by atoms with Crippen molar-refractivity contribution >= 4 is 12.6 Å². The second-order valence-corrected chi connectivity index (χ2v) is 2.00. The number of rotatable bonds is 1. The van der Waals surface area contributed by atoms with E-state index in [0.717, 1.165) is 0 Å².